The summed E-state index contributed by atoms with van der Waals surface area (Å²) in [6.07, 6.45) is 0. The van der Waals surface area contributed by atoms with Gasteiger partial charge in [0.2, 0.25) is 0 Å². The van der Waals surface area contributed by atoms with E-state index >= 15 is 0 Å². The van der Waals surface area contributed by atoms with E-state index in [-0.39, 0.29) is 0 Å². The van der Waals surface area contributed by atoms with Crippen LogP contribution in [0.5, 0.6) is 0 Å². The third-order valence-electron chi connectivity index (χ3n) is 17.9. The van der Waals surface area contributed by atoms with Crippen molar-refractivity contribution in [2.75, 3.05) is 19.6 Å². The zero-order valence-corrected chi connectivity index (χ0v) is 50.6. The lowest BCUT2D eigenvalue weighted by Crippen LogP contribution is -2.27. The first-order valence-corrected chi connectivity index (χ1v) is 30.1. The molecule has 0 radical (unpaired) electrons. The fourth-order valence-electron chi connectivity index (χ4n) is 13.4. The quantitative estimate of drug-likeness (QED) is 0.121. The van der Waals surface area contributed by atoms with Crippen LogP contribution in [0.3, 0.4) is 0 Å². The van der Waals surface area contributed by atoms with Gasteiger partial charge in [0.1, 0.15) is 0 Å². The Balaban J connectivity index is 1.12. The summed E-state index contributed by atoms with van der Waals surface area (Å²) in [6.45, 7) is 19.7. The third-order valence-corrected chi connectivity index (χ3v) is 17.9. The van der Waals surface area contributed by atoms with Crippen LogP contribution in [-0.4, -0.2) is 0 Å². The van der Waals surface area contributed by atoms with Gasteiger partial charge in [-0.2, -0.15) is 0 Å². The van der Waals surface area contributed by atoms with Crippen LogP contribution in [0.15, 0.2) is 261 Å². The number of hydrogen-bond acceptors (Lipinski definition) is 4. The van der Waals surface area contributed by atoms with E-state index in [1.54, 1.807) is 0 Å². The van der Waals surface area contributed by atoms with Crippen molar-refractivity contribution in [3.05, 3.63) is 333 Å². The fourth-order valence-corrected chi connectivity index (χ4v) is 13.4. The molecule has 2 aliphatic rings. The van der Waals surface area contributed by atoms with E-state index in [1.807, 2.05) is 0 Å². The van der Waals surface area contributed by atoms with Crippen molar-refractivity contribution in [1.29, 1.82) is 0 Å². The molecule has 0 atom stereocenters. The van der Waals surface area contributed by atoms with Gasteiger partial charge < -0.3 is 19.6 Å². The van der Waals surface area contributed by atoms with E-state index in [9.17, 15) is 0 Å². The number of anilines is 12. The number of fused-ring (bicyclic) bond motifs is 10. The van der Waals surface area contributed by atoms with Crippen molar-refractivity contribution in [2.45, 2.75) is 67.7 Å². The number of nitrogens with zero attached hydrogens (tertiary/aromatic N) is 4. The molecular weight excluding hydrogens is 1040 g/mol. The highest BCUT2D eigenvalue weighted by atomic mass is 15.2. The number of aryl methyl sites for hydroxylation is 9. The van der Waals surface area contributed by atoms with Crippen LogP contribution < -0.4 is 19.6 Å². The van der Waals surface area contributed by atoms with Crippen LogP contribution in [0.25, 0.3) is 22.3 Å². The van der Waals surface area contributed by atoms with Crippen LogP contribution in [-0.2, 0) is 5.41 Å². The van der Waals surface area contributed by atoms with Gasteiger partial charge in [0, 0.05) is 68.2 Å². The molecule has 12 aromatic carbocycles. The summed E-state index contributed by atoms with van der Waals surface area (Å²) >= 11 is 0. The summed E-state index contributed by atoms with van der Waals surface area (Å²) in [5.74, 6) is 0. The monoisotopic (exact) mass is 1110 g/mol. The Kier molecular flexibility index (Phi) is 13.4. The average Bonchev–Trinajstić information content (AvgIpc) is 1.51. The minimum atomic E-state index is -0.852. The number of rotatable bonds is 12. The molecule has 4 nitrogen and oxygen atoms in total. The molecule has 418 valence electrons. The molecule has 86 heavy (non-hydrogen) atoms. The Labute approximate surface area is 508 Å². The van der Waals surface area contributed by atoms with Crippen LogP contribution in [0.2, 0.25) is 0 Å². The van der Waals surface area contributed by atoms with Gasteiger partial charge in [-0.05, 0) is 258 Å². The topological polar surface area (TPSA) is 13.0 Å². The normalized spacial score (nSPS) is 12.3. The van der Waals surface area contributed by atoms with Gasteiger partial charge in [-0.3, -0.25) is 0 Å². The second-order valence-electron chi connectivity index (χ2n) is 24.2. The summed E-state index contributed by atoms with van der Waals surface area (Å²) in [5.41, 5.74) is 33.2. The van der Waals surface area contributed by atoms with Crippen molar-refractivity contribution in [3.8, 4) is 22.3 Å². The molecule has 0 aromatic heterocycles. The largest absolute Gasteiger partial charge is 0.310 e. The van der Waals surface area contributed by atoms with E-state index in [1.165, 1.54) is 94.6 Å². The van der Waals surface area contributed by atoms with E-state index in [4.69, 9.17) is 0 Å². The van der Waals surface area contributed by atoms with Crippen molar-refractivity contribution in [1.82, 2.24) is 0 Å². The molecule has 0 fully saturated rings. The lowest BCUT2D eigenvalue weighted by molar-refractivity contribution is 0.793. The molecular formula is C82H70N4. The van der Waals surface area contributed by atoms with E-state index in [2.05, 4.69) is 343 Å². The molecule has 0 saturated heterocycles. The summed E-state index contributed by atoms with van der Waals surface area (Å²) in [5, 5.41) is 0. The molecule has 0 saturated carbocycles. The van der Waals surface area contributed by atoms with Gasteiger partial charge in [-0.1, -0.05) is 160 Å². The predicted octanol–water partition coefficient (Wildman–Crippen LogP) is 22.7. The molecule has 4 heteroatoms. The van der Waals surface area contributed by atoms with Gasteiger partial charge in [0.05, 0.1) is 5.41 Å². The number of hydrogen-bond donors (Lipinski definition) is 0. The molecule has 0 unspecified atom stereocenters. The van der Waals surface area contributed by atoms with Crippen molar-refractivity contribution >= 4 is 68.2 Å². The predicted molar refractivity (Wildman–Crippen MR) is 364 cm³/mol. The zero-order valence-electron chi connectivity index (χ0n) is 50.6. The molecule has 0 bridgehead atoms. The Morgan fingerprint density at radius 3 is 0.640 bits per heavy atom. The standard InChI is InChI=1S/C82H70N4/c1-53-10-26-62(27-11-53)83(63-28-12-54(2)13-29-63)70-42-45-74-75-46-43-71(84(64-30-14-55(3)15-31-64)65-32-16-56(4)17-33-65)50-78(75)82(77(74)49-70)79-51-72(85(66-34-18-57(5)19-35-66)67-36-20-58(6)21-37-67)44-47-76(79)81-61(9)48-73(52-80(81)82)86(68-38-22-59(7)23-39-68)69-40-24-60(8)25-41-69/h10-52H,1-9H3. The Morgan fingerprint density at radius 1 is 0.186 bits per heavy atom. The van der Waals surface area contributed by atoms with Gasteiger partial charge in [-0.15, -0.1) is 0 Å². The highest BCUT2D eigenvalue weighted by Crippen LogP contribution is 2.66. The summed E-state index contributed by atoms with van der Waals surface area (Å²) in [6, 6.07) is 98.9. The maximum atomic E-state index is 2.55. The lowest BCUT2D eigenvalue weighted by Gasteiger charge is -2.35. The van der Waals surface area contributed by atoms with Gasteiger partial charge in [0.15, 0.2) is 0 Å². The van der Waals surface area contributed by atoms with Crippen LogP contribution in [0.4, 0.5) is 68.2 Å². The van der Waals surface area contributed by atoms with Gasteiger partial charge >= 0.3 is 0 Å². The van der Waals surface area contributed by atoms with Gasteiger partial charge in [0.25, 0.3) is 0 Å². The Bertz CT molecular complexity index is 4180. The summed E-state index contributed by atoms with van der Waals surface area (Å²) in [4.78, 5) is 9.79. The average molecular weight is 1110 g/mol. The molecule has 0 heterocycles. The molecule has 0 amide bonds. The Hall–Kier alpha value is -10.2. The second kappa shape index (κ2) is 21.5. The van der Waals surface area contributed by atoms with Crippen LogP contribution in [0.1, 0.15) is 72.3 Å². The summed E-state index contributed by atoms with van der Waals surface area (Å²) in [7, 11) is 0. The third kappa shape index (κ3) is 9.34. The van der Waals surface area contributed by atoms with Crippen LogP contribution in [0, 0.1) is 62.3 Å². The van der Waals surface area contributed by atoms with E-state index in [0.29, 0.717) is 0 Å². The molecule has 1 spiro atoms. The Morgan fingerprint density at radius 2 is 0.384 bits per heavy atom. The maximum Gasteiger partial charge on any atom is 0.0728 e. The minimum absolute atomic E-state index is 0.852. The SMILES string of the molecule is Cc1ccc(N(c2ccc(C)cc2)c2ccc3c(c2)C2(c4cc(N(c5ccc(C)cc5)c5ccc(C)cc5)ccc4-3)c3cc(N(c4ccc(C)cc4)c4ccc(C)cc4)ccc3-c3c(C)cc(N(c4ccc(C)cc4)c4ccc(C)cc4)cc32)cc1. The minimum Gasteiger partial charge on any atom is -0.310 e. The molecule has 0 N–H and O–H groups in total. The first kappa shape index (κ1) is 53.8. The van der Waals surface area contributed by atoms with Crippen molar-refractivity contribution < 1.29 is 0 Å². The molecule has 0 aliphatic heterocycles. The highest BCUT2D eigenvalue weighted by Gasteiger charge is 2.53. The maximum absolute atomic E-state index is 2.55. The molecule has 14 rings (SSSR count). The van der Waals surface area contributed by atoms with Crippen LogP contribution >= 0.6 is 0 Å². The molecule has 2 aliphatic carbocycles. The first-order valence-electron chi connectivity index (χ1n) is 30.1. The van der Waals surface area contributed by atoms with Crippen molar-refractivity contribution in [2.24, 2.45) is 0 Å². The molecule has 12 aromatic rings. The van der Waals surface area contributed by atoms with Crippen molar-refractivity contribution in [3.63, 3.8) is 0 Å². The van der Waals surface area contributed by atoms with E-state index < -0.39 is 5.41 Å². The summed E-state index contributed by atoms with van der Waals surface area (Å²) < 4.78 is 0. The smallest absolute Gasteiger partial charge is 0.0728 e. The zero-order chi connectivity index (χ0) is 59.0. The van der Waals surface area contributed by atoms with Gasteiger partial charge in [-0.25, -0.2) is 0 Å². The first-order chi connectivity index (χ1) is 41.8. The lowest BCUT2D eigenvalue weighted by atomic mass is 9.70. The van der Waals surface area contributed by atoms with E-state index in [0.717, 1.165) is 68.2 Å². The second-order valence-corrected chi connectivity index (χ2v) is 24.2. The fraction of sp³-hybridized carbons (Fsp3) is 0.122. The number of benzene rings is 12. The highest BCUT2D eigenvalue weighted by molar-refractivity contribution is 6.01.